The van der Waals surface area contributed by atoms with Crippen molar-refractivity contribution in [2.45, 2.75) is 46.6 Å². The molecule has 0 fully saturated rings. The van der Waals surface area contributed by atoms with Gasteiger partial charge in [-0.25, -0.2) is 8.42 Å². The standard InChI is InChI=1S/C21H28N2O3S/c1-6-17-11-13-19(14-12-17)23(27(5,25)26)16(4)21(24)22-20-15(3)9-8-10-18(20)7-2/h8-14,16H,6-7H2,1-5H3,(H,22,24)/t16-/m0/s1. The lowest BCUT2D eigenvalue weighted by Crippen LogP contribution is -2.45. The van der Waals surface area contributed by atoms with Crippen LogP contribution in [0.15, 0.2) is 42.5 Å². The molecule has 0 spiro atoms. The molecule has 2 aromatic rings. The van der Waals surface area contributed by atoms with Gasteiger partial charge in [-0.2, -0.15) is 0 Å². The van der Waals surface area contributed by atoms with Crippen molar-refractivity contribution in [3.05, 3.63) is 59.2 Å². The maximum atomic E-state index is 12.9. The second-order valence-corrected chi connectivity index (χ2v) is 8.57. The number of carbonyl (C=O) groups excluding carboxylic acids is 1. The first-order valence-electron chi connectivity index (χ1n) is 9.16. The monoisotopic (exact) mass is 388 g/mol. The average molecular weight is 389 g/mol. The number of hydrogen-bond acceptors (Lipinski definition) is 3. The number of carbonyl (C=O) groups is 1. The Morgan fingerprint density at radius 3 is 2.22 bits per heavy atom. The molecule has 1 amide bonds. The van der Waals surface area contributed by atoms with Gasteiger partial charge in [-0.1, -0.05) is 44.2 Å². The van der Waals surface area contributed by atoms with Crippen LogP contribution in [0.4, 0.5) is 11.4 Å². The van der Waals surface area contributed by atoms with Gasteiger partial charge >= 0.3 is 0 Å². The number of aryl methyl sites for hydroxylation is 3. The minimum Gasteiger partial charge on any atom is -0.324 e. The summed E-state index contributed by atoms with van der Waals surface area (Å²) in [6.07, 6.45) is 2.76. The van der Waals surface area contributed by atoms with Crippen LogP contribution in [0.25, 0.3) is 0 Å². The Morgan fingerprint density at radius 1 is 1.07 bits per heavy atom. The van der Waals surface area contributed by atoms with E-state index in [4.69, 9.17) is 0 Å². The van der Waals surface area contributed by atoms with E-state index in [1.165, 1.54) is 4.31 Å². The molecule has 0 aliphatic rings. The summed E-state index contributed by atoms with van der Waals surface area (Å²) in [5.74, 6) is -0.357. The number of hydrogen-bond donors (Lipinski definition) is 1. The summed E-state index contributed by atoms with van der Waals surface area (Å²) < 4.78 is 26.0. The predicted molar refractivity (Wildman–Crippen MR) is 112 cm³/mol. The van der Waals surface area contributed by atoms with Gasteiger partial charge in [0.1, 0.15) is 6.04 Å². The second kappa shape index (κ2) is 8.57. The molecule has 0 saturated heterocycles. The molecule has 0 radical (unpaired) electrons. The molecule has 0 aromatic heterocycles. The van der Waals surface area contributed by atoms with E-state index >= 15 is 0 Å². The van der Waals surface area contributed by atoms with E-state index in [0.29, 0.717) is 5.69 Å². The molecule has 1 N–H and O–H groups in total. The van der Waals surface area contributed by atoms with Gasteiger partial charge in [-0.15, -0.1) is 0 Å². The normalized spacial score (nSPS) is 12.5. The Labute approximate surface area is 162 Å². The van der Waals surface area contributed by atoms with Crippen molar-refractivity contribution in [3.63, 3.8) is 0 Å². The number of amides is 1. The van der Waals surface area contributed by atoms with Crippen LogP contribution in [0.2, 0.25) is 0 Å². The summed E-state index contributed by atoms with van der Waals surface area (Å²) in [6, 6.07) is 12.2. The van der Waals surface area contributed by atoms with E-state index in [0.717, 1.165) is 41.5 Å². The van der Waals surface area contributed by atoms with Crippen molar-refractivity contribution < 1.29 is 13.2 Å². The van der Waals surface area contributed by atoms with Gasteiger partial charge in [0.2, 0.25) is 15.9 Å². The van der Waals surface area contributed by atoms with E-state index < -0.39 is 16.1 Å². The third-order valence-electron chi connectivity index (χ3n) is 4.68. The summed E-state index contributed by atoms with van der Waals surface area (Å²) in [5, 5.41) is 2.93. The lowest BCUT2D eigenvalue weighted by molar-refractivity contribution is -0.116. The van der Waals surface area contributed by atoms with Crippen molar-refractivity contribution in [2.24, 2.45) is 0 Å². The van der Waals surface area contributed by atoms with Crippen LogP contribution < -0.4 is 9.62 Å². The third kappa shape index (κ3) is 4.89. The Morgan fingerprint density at radius 2 is 1.70 bits per heavy atom. The largest absolute Gasteiger partial charge is 0.324 e. The molecule has 2 rings (SSSR count). The summed E-state index contributed by atoms with van der Waals surface area (Å²) in [6.45, 7) is 7.59. The van der Waals surface area contributed by atoms with E-state index in [1.807, 2.05) is 51.1 Å². The number of nitrogens with zero attached hydrogens (tertiary/aromatic N) is 1. The fourth-order valence-electron chi connectivity index (χ4n) is 3.12. The zero-order valence-electron chi connectivity index (χ0n) is 16.6. The van der Waals surface area contributed by atoms with Crippen LogP contribution in [0.5, 0.6) is 0 Å². The number of para-hydroxylation sites is 1. The van der Waals surface area contributed by atoms with Crippen LogP contribution in [0.3, 0.4) is 0 Å². The molecule has 0 unspecified atom stereocenters. The van der Waals surface area contributed by atoms with Crippen LogP contribution in [0.1, 0.15) is 37.5 Å². The van der Waals surface area contributed by atoms with Crippen LogP contribution >= 0.6 is 0 Å². The quantitative estimate of drug-likeness (QED) is 0.782. The smallest absolute Gasteiger partial charge is 0.248 e. The Kier molecular flexibility index (Phi) is 6.65. The fourth-order valence-corrected chi connectivity index (χ4v) is 4.29. The lowest BCUT2D eigenvalue weighted by Gasteiger charge is -2.29. The zero-order valence-corrected chi connectivity index (χ0v) is 17.4. The topological polar surface area (TPSA) is 66.5 Å². The number of nitrogens with one attached hydrogen (secondary N) is 1. The maximum absolute atomic E-state index is 12.9. The van der Waals surface area contributed by atoms with E-state index in [2.05, 4.69) is 5.32 Å². The molecule has 0 heterocycles. The Hall–Kier alpha value is -2.34. The number of anilines is 2. The van der Waals surface area contributed by atoms with Crippen molar-refractivity contribution in [3.8, 4) is 0 Å². The summed E-state index contributed by atoms with van der Waals surface area (Å²) in [7, 11) is -3.63. The SMILES string of the molecule is CCc1ccc(N([C@@H](C)C(=O)Nc2c(C)cccc2CC)S(C)(=O)=O)cc1. The molecular weight excluding hydrogens is 360 g/mol. The molecule has 0 saturated carbocycles. The number of benzene rings is 2. The molecule has 0 aliphatic carbocycles. The minimum atomic E-state index is -3.63. The highest BCUT2D eigenvalue weighted by molar-refractivity contribution is 7.92. The first-order chi connectivity index (χ1) is 12.7. The van der Waals surface area contributed by atoms with Gasteiger partial charge in [0.05, 0.1) is 11.9 Å². The number of sulfonamides is 1. The Balaban J connectivity index is 2.35. The molecule has 2 aromatic carbocycles. The fraction of sp³-hybridized carbons (Fsp3) is 0.381. The van der Waals surface area contributed by atoms with Gasteiger partial charge in [0.25, 0.3) is 0 Å². The molecule has 5 nitrogen and oxygen atoms in total. The molecule has 146 valence electrons. The highest BCUT2D eigenvalue weighted by Crippen LogP contribution is 2.25. The summed E-state index contributed by atoms with van der Waals surface area (Å²) >= 11 is 0. The van der Waals surface area contributed by atoms with Crippen molar-refractivity contribution in [1.82, 2.24) is 0 Å². The van der Waals surface area contributed by atoms with Gasteiger partial charge in [0.15, 0.2) is 0 Å². The van der Waals surface area contributed by atoms with E-state index in [1.54, 1.807) is 19.1 Å². The van der Waals surface area contributed by atoms with Crippen LogP contribution in [-0.2, 0) is 27.7 Å². The second-order valence-electron chi connectivity index (χ2n) is 6.71. The Bertz CT molecular complexity index is 906. The van der Waals surface area contributed by atoms with Gasteiger partial charge in [-0.05, 0) is 55.5 Å². The summed E-state index contributed by atoms with van der Waals surface area (Å²) in [5.41, 5.74) is 4.32. The lowest BCUT2D eigenvalue weighted by atomic mass is 10.1. The van der Waals surface area contributed by atoms with Crippen molar-refractivity contribution in [1.29, 1.82) is 0 Å². The highest BCUT2D eigenvalue weighted by atomic mass is 32.2. The first kappa shape index (κ1) is 21.0. The molecular formula is C21H28N2O3S. The predicted octanol–water partition coefficient (Wildman–Crippen LogP) is 3.91. The number of rotatable bonds is 7. The molecule has 0 aliphatic heterocycles. The minimum absolute atomic E-state index is 0.357. The van der Waals surface area contributed by atoms with Crippen molar-refractivity contribution >= 4 is 27.3 Å². The van der Waals surface area contributed by atoms with Gasteiger partial charge < -0.3 is 5.32 Å². The maximum Gasteiger partial charge on any atom is 0.248 e. The zero-order chi connectivity index (χ0) is 20.2. The van der Waals surface area contributed by atoms with Crippen molar-refractivity contribution in [2.75, 3.05) is 15.9 Å². The molecule has 1 atom stereocenters. The first-order valence-corrected chi connectivity index (χ1v) is 11.0. The van der Waals surface area contributed by atoms with Crippen LogP contribution in [0, 0.1) is 6.92 Å². The van der Waals surface area contributed by atoms with E-state index in [-0.39, 0.29) is 5.91 Å². The van der Waals surface area contributed by atoms with E-state index in [9.17, 15) is 13.2 Å². The van der Waals surface area contributed by atoms with Gasteiger partial charge in [-0.3, -0.25) is 9.10 Å². The molecule has 27 heavy (non-hydrogen) atoms. The third-order valence-corrected chi connectivity index (χ3v) is 5.92. The highest BCUT2D eigenvalue weighted by Gasteiger charge is 2.29. The summed E-state index contributed by atoms with van der Waals surface area (Å²) in [4.78, 5) is 12.9. The van der Waals surface area contributed by atoms with Crippen LogP contribution in [-0.4, -0.2) is 26.6 Å². The molecule has 6 heteroatoms. The average Bonchev–Trinajstić information content (AvgIpc) is 2.62. The van der Waals surface area contributed by atoms with Gasteiger partial charge in [0, 0.05) is 5.69 Å². The molecule has 0 bridgehead atoms.